The van der Waals surface area contributed by atoms with Crippen LogP contribution in [-0.2, 0) is 32.9 Å². The Bertz CT molecular complexity index is 359. The second-order valence-electron chi connectivity index (χ2n) is 2.99. The van der Waals surface area contributed by atoms with Crippen molar-refractivity contribution in [3.05, 3.63) is 0 Å². The molecule has 0 spiro atoms. The summed E-state index contributed by atoms with van der Waals surface area (Å²) in [6.07, 6.45) is -0.812. The van der Waals surface area contributed by atoms with Crippen LogP contribution in [0.3, 0.4) is 0 Å². The van der Waals surface area contributed by atoms with E-state index in [-0.39, 0.29) is 5.52 Å². The van der Waals surface area contributed by atoms with Crippen LogP contribution in [0.15, 0.2) is 0 Å². The first kappa shape index (κ1) is 17.5. The van der Waals surface area contributed by atoms with E-state index in [4.69, 9.17) is 4.74 Å². The van der Waals surface area contributed by atoms with Crippen LogP contribution in [0.25, 0.3) is 0 Å². The van der Waals surface area contributed by atoms with Crippen LogP contribution in [0.5, 0.6) is 0 Å². The molecule has 0 aromatic heterocycles. The summed E-state index contributed by atoms with van der Waals surface area (Å²) < 4.78 is 29.9. The number of methoxy groups -OCH3 is 2. The zero-order valence-electron chi connectivity index (χ0n) is 10.0. The Morgan fingerprint density at radius 2 is 1.89 bits per heavy atom. The predicted molar refractivity (Wildman–Crippen MR) is 63.1 cm³/mol. The summed E-state index contributed by atoms with van der Waals surface area (Å²) in [5.41, 5.74) is -0.234. The highest BCUT2D eigenvalue weighted by Gasteiger charge is 2.59. The van der Waals surface area contributed by atoms with Crippen LogP contribution < -0.4 is 0 Å². The van der Waals surface area contributed by atoms with Crippen molar-refractivity contribution in [1.82, 2.24) is 0 Å². The summed E-state index contributed by atoms with van der Waals surface area (Å²) in [6.45, 7) is 0. The number of carbonyl (C=O) groups excluding carboxylic acids is 2. The minimum absolute atomic E-state index is 0.234. The van der Waals surface area contributed by atoms with E-state index in [2.05, 4.69) is 29.9 Å². The molecule has 0 bridgehead atoms. The number of rotatable bonds is 7. The van der Waals surface area contributed by atoms with Crippen molar-refractivity contribution in [3.8, 4) is 0 Å². The van der Waals surface area contributed by atoms with Gasteiger partial charge >= 0.3 is 19.5 Å². The second kappa shape index (κ2) is 7.20. The standard InChI is InChI=1S/C8H14BrO8P/c1-14-6(10)4-8(15-2,7(11)17-5-9)18(12,13)16-3/h4-5H2,1-3H3,(H,12,13). The van der Waals surface area contributed by atoms with Crippen LogP contribution in [0.2, 0.25) is 0 Å². The van der Waals surface area contributed by atoms with Gasteiger partial charge in [0.15, 0.2) is 0 Å². The Hall–Kier alpha value is -0.470. The third-order valence-electron chi connectivity index (χ3n) is 2.16. The van der Waals surface area contributed by atoms with Gasteiger partial charge in [0.25, 0.3) is 5.34 Å². The normalized spacial score (nSPS) is 17.4. The van der Waals surface area contributed by atoms with Gasteiger partial charge in [-0.25, -0.2) is 4.79 Å². The Morgan fingerprint density at radius 1 is 1.33 bits per heavy atom. The van der Waals surface area contributed by atoms with E-state index in [1.807, 2.05) is 0 Å². The number of carbonyl (C=O) groups is 2. The minimum Gasteiger partial charge on any atom is -0.469 e. The topological polar surface area (TPSA) is 108 Å². The van der Waals surface area contributed by atoms with Gasteiger partial charge in [-0.3, -0.25) is 9.36 Å². The molecule has 0 aliphatic heterocycles. The van der Waals surface area contributed by atoms with E-state index >= 15 is 0 Å². The summed E-state index contributed by atoms with van der Waals surface area (Å²) in [7, 11) is -1.63. The van der Waals surface area contributed by atoms with E-state index in [1.165, 1.54) is 0 Å². The van der Waals surface area contributed by atoms with Gasteiger partial charge in [-0.1, -0.05) is 0 Å². The lowest BCUT2D eigenvalue weighted by atomic mass is 10.2. The fraction of sp³-hybridized carbons (Fsp3) is 0.750. The van der Waals surface area contributed by atoms with E-state index < -0.39 is 31.3 Å². The summed E-state index contributed by atoms with van der Waals surface area (Å²) in [6, 6.07) is 0. The van der Waals surface area contributed by atoms with Gasteiger partial charge in [-0.05, 0) is 15.9 Å². The highest BCUT2D eigenvalue weighted by molar-refractivity contribution is 9.09. The molecule has 0 aromatic carbocycles. The molecule has 0 fully saturated rings. The van der Waals surface area contributed by atoms with Gasteiger partial charge in [-0.2, -0.15) is 0 Å². The molecule has 1 N–H and O–H groups in total. The van der Waals surface area contributed by atoms with Gasteiger partial charge in [-0.15, -0.1) is 0 Å². The third-order valence-corrected chi connectivity index (χ3v) is 4.32. The largest absolute Gasteiger partial charge is 0.469 e. The first-order valence-electron chi connectivity index (χ1n) is 4.55. The molecule has 0 aliphatic carbocycles. The van der Waals surface area contributed by atoms with Crippen LogP contribution in [0.4, 0.5) is 0 Å². The minimum atomic E-state index is -4.59. The van der Waals surface area contributed by atoms with Crippen molar-refractivity contribution in [2.75, 3.05) is 26.8 Å². The highest BCUT2D eigenvalue weighted by Crippen LogP contribution is 2.57. The second-order valence-corrected chi connectivity index (χ2v) is 5.57. The average molecular weight is 349 g/mol. The van der Waals surface area contributed by atoms with Gasteiger partial charge in [0.05, 0.1) is 13.5 Å². The fourth-order valence-corrected chi connectivity index (χ4v) is 2.49. The fourth-order valence-electron chi connectivity index (χ4n) is 1.14. The van der Waals surface area contributed by atoms with E-state index in [0.29, 0.717) is 0 Å². The smallest absolute Gasteiger partial charge is 0.371 e. The van der Waals surface area contributed by atoms with Crippen LogP contribution in [-0.4, -0.2) is 49.0 Å². The van der Waals surface area contributed by atoms with E-state index in [9.17, 15) is 19.0 Å². The maximum Gasteiger partial charge on any atom is 0.371 e. The van der Waals surface area contributed by atoms with Gasteiger partial charge in [0.2, 0.25) is 0 Å². The maximum absolute atomic E-state index is 11.9. The number of esters is 2. The van der Waals surface area contributed by atoms with Crippen molar-refractivity contribution < 1.29 is 37.8 Å². The Balaban J connectivity index is 5.54. The van der Waals surface area contributed by atoms with Gasteiger partial charge in [0.1, 0.15) is 5.52 Å². The molecule has 0 saturated carbocycles. The molecule has 0 heterocycles. The average Bonchev–Trinajstić information content (AvgIpc) is 2.35. The lowest BCUT2D eigenvalue weighted by molar-refractivity contribution is -0.165. The molecule has 10 heteroatoms. The highest BCUT2D eigenvalue weighted by atomic mass is 79.9. The molecule has 2 unspecified atom stereocenters. The number of alkyl halides is 1. The zero-order chi connectivity index (χ0) is 14.4. The summed E-state index contributed by atoms with van der Waals surface area (Å²) >= 11 is 2.82. The third kappa shape index (κ3) is 3.52. The van der Waals surface area contributed by atoms with Crippen molar-refractivity contribution in [2.45, 2.75) is 11.8 Å². The molecule has 0 amide bonds. The lowest BCUT2D eigenvalue weighted by Gasteiger charge is -2.30. The summed E-state index contributed by atoms with van der Waals surface area (Å²) in [4.78, 5) is 32.7. The van der Waals surface area contributed by atoms with E-state index in [1.54, 1.807) is 0 Å². The molecule has 0 radical (unpaired) electrons. The quantitative estimate of drug-likeness (QED) is 0.405. The first-order valence-corrected chi connectivity index (χ1v) is 7.25. The molecule has 0 aliphatic rings. The monoisotopic (exact) mass is 348 g/mol. The van der Waals surface area contributed by atoms with Crippen LogP contribution in [0, 0.1) is 0 Å². The number of hydrogen-bond acceptors (Lipinski definition) is 7. The maximum atomic E-state index is 11.9. The van der Waals surface area contributed by atoms with E-state index in [0.717, 1.165) is 21.3 Å². The number of halogens is 1. The SMILES string of the molecule is COC(=O)CC(OC)(C(=O)OCBr)P(=O)(O)OC. The molecule has 0 aromatic rings. The van der Waals surface area contributed by atoms with Crippen molar-refractivity contribution in [2.24, 2.45) is 0 Å². The van der Waals surface area contributed by atoms with Gasteiger partial charge < -0.3 is 23.6 Å². The molecular formula is C8H14BrO8P. The Labute approximate surface area is 112 Å². The van der Waals surface area contributed by atoms with Crippen LogP contribution in [0.1, 0.15) is 6.42 Å². The number of hydrogen-bond donors (Lipinski definition) is 1. The summed E-state index contributed by atoms with van der Waals surface area (Å²) in [5, 5.41) is -2.46. The summed E-state index contributed by atoms with van der Waals surface area (Å²) in [5.74, 6) is -2.13. The number of ether oxygens (including phenoxy) is 3. The zero-order valence-corrected chi connectivity index (χ0v) is 12.5. The van der Waals surface area contributed by atoms with Crippen molar-refractivity contribution in [3.63, 3.8) is 0 Å². The Morgan fingerprint density at radius 3 is 2.22 bits per heavy atom. The molecular weight excluding hydrogens is 335 g/mol. The molecule has 106 valence electrons. The molecule has 0 rings (SSSR count). The molecule has 8 nitrogen and oxygen atoms in total. The van der Waals surface area contributed by atoms with Crippen molar-refractivity contribution >= 4 is 35.5 Å². The van der Waals surface area contributed by atoms with Crippen molar-refractivity contribution in [1.29, 1.82) is 0 Å². The van der Waals surface area contributed by atoms with Crippen LogP contribution >= 0.6 is 23.5 Å². The molecule has 2 atom stereocenters. The molecule has 0 saturated heterocycles. The predicted octanol–water partition coefficient (Wildman–Crippen LogP) is 0.620. The molecule has 18 heavy (non-hydrogen) atoms. The Kier molecular flexibility index (Phi) is 7.01. The van der Waals surface area contributed by atoms with Gasteiger partial charge in [0, 0.05) is 14.2 Å². The first-order chi connectivity index (χ1) is 8.31. The lowest BCUT2D eigenvalue weighted by Crippen LogP contribution is -2.44.